The average molecular weight is 616 g/mol. The third-order valence-corrected chi connectivity index (χ3v) is 6.36. The van der Waals surface area contributed by atoms with Crippen LogP contribution in [0.15, 0.2) is 133 Å². The van der Waals surface area contributed by atoms with Crippen LogP contribution in [0.2, 0.25) is 0 Å². The van der Waals surface area contributed by atoms with E-state index in [1.807, 2.05) is 72.8 Å². The number of rotatable bonds is 6. The second kappa shape index (κ2) is 14.6. The number of phenolic OH excluding ortho intramolecular Hbond substituents is 2. The van der Waals surface area contributed by atoms with E-state index in [-0.39, 0.29) is 42.5 Å². The molecule has 0 saturated heterocycles. The van der Waals surface area contributed by atoms with Crippen molar-refractivity contribution in [1.82, 2.24) is 9.97 Å². The van der Waals surface area contributed by atoms with Crippen molar-refractivity contribution in [2.24, 2.45) is 0 Å². The predicted molar refractivity (Wildman–Crippen MR) is 166 cm³/mol. The molecule has 0 atom stereocenters. The molecule has 2 heterocycles. The van der Waals surface area contributed by atoms with Gasteiger partial charge in [-0.1, -0.05) is 109 Å². The first-order chi connectivity index (χ1) is 20.5. The van der Waals surface area contributed by atoms with E-state index in [2.05, 4.69) is 9.97 Å². The molecule has 0 amide bonds. The quantitative estimate of drug-likeness (QED) is 0.113. The predicted octanol–water partition coefficient (Wildman–Crippen LogP) is 7.67. The van der Waals surface area contributed by atoms with Gasteiger partial charge in [-0.25, -0.2) is 9.97 Å². The molecule has 4 aromatic carbocycles. The van der Waals surface area contributed by atoms with Gasteiger partial charge in [0.05, 0.1) is 0 Å². The number of fused-ring (bicyclic) bond motifs is 2. The van der Waals surface area contributed by atoms with Gasteiger partial charge in [0.1, 0.15) is 33.9 Å². The fourth-order valence-electron chi connectivity index (χ4n) is 4.18. The fraction of sp³-hybridized carbons (Fsp3) is 0. The summed E-state index contributed by atoms with van der Waals surface area (Å²) in [5.41, 5.74) is 3.42. The van der Waals surface area contributed by atoms with Crippen LogP contribution in [-0.2, 0) is 19.5 Å². The Morgan fingerprint density at radius 1 is 0.488 bits per heavy atom. The summed E-state index contributed by atoms with van der Waals surface area (Å²) in [5.74, 6) is -0.226. The normalized spacial score (nSPS) is 10.8. The minimum absolute atomic E-state index is 0. The Morgan fingerprint density at radius 2 is 0.884 bits per heavy atom. The van der Waals surface area contributed by atoms with Crippen molar-refractivity contribution >= 4 is 45.5 Å². The molecule has 0 radical (unpaired) electrons. The number of phenols is 2. The number of hydrogen-bond donors (Lipinski definition) is 2. The zero-order valence-corrected chi connectivity index (χ0v) is 26.1. The Kier molecular flexibility index (Phi) is 10.4. The molecule has 0 aliphatic rings. The Morgan fingerprint density at radius 3 is 1.28 bits per heavy atom. The summed E-state index contributed by atoms with van der Waals surface area (Å²) < 4.78 is 0. The number of carbonyl (C=O) groups excluding carboxylic acids is 2. The minimum Gasteiger partial charge on any atom is -0.506 e. The van der Waals surface area contributed by atoms with Gasteiger partial charge in [-0.05, 0) is 47.5 Å². The minimum atomic E-state index is -0.191. The average Bonchev–Trinajstić information content (AvgIpc) is 3.04. The third-order valence-electron chi connectivity index (χ3n) is 6.36. The van der Waals surface area contributed by atoms with E-state index in [1.54, 1.807) is 60.7 Å². The topological polar surface area (TPSA) is 100 Å². The fourth-order valence-corrected chi connectivity index (χ4v) is 4.18. The number of para-hydroxylation sites is 2. The molecule has 43 heavy (non-hydrogen) atoms. The summed E-state index contributed by atoms with van der Waals surface area (Å²) in [6.07, 6.45) is 6.48. The summed E-state index contributed by atoms with van der Waals surface area (Å²) in [6, 6.07) is 36.4. The van der Waals surface area contributed by atoms with Crippen LogP contribution in [0.5, 0.6) is 11.5 Å². The van der Waals surface area contributed by atoms with Gasteiger partial charge in [-0.2, -0.15) is 0 Å². The standard InChI is InChI=1S/2C18H13NO2.Zn/c2*20-16(12-9-13-5-2-1-3-6-13)15-11-10-14-7-4-8-17(21)18(14)19-15;/h2*1-12,21H;. The van der Waals surface area contributed by atoms with Gasteiger partial charge in [0.25, 0.3) is 0 Å². The second-order valence-electron chi connectivity index (χ2n) is 9.31. The van der Waals surface area contributed by atoms with Crippen LogP contribution in [-0.4, -0.2) is 31.7 Å². The molecule has 6 aromatic rings. The molecular formula is C36H26N2O4Zn. The molecule has 0 saturated carbocycles. The van der Waals surface area contributed by atoms with Crippen LogP contribution in [0.25, 0.3) is 34.0 Å². The van der Waals surface area contributed by atoms with Gasteiger partial charge >= 0.3 is 0 Å². The maximum absolute atomic E-state index is 12.1. The van der Waals surface area contributed by atoms with Crippen molar-refractivity contribution in [1.29, 1.82) is 0 Å². The molecule has 0 spiro atoms. The number of allylic oxidation sites excluding steroid dienone is 2. The number of nitrogens with zero attached hydrogens (tertiary/aromatic N) is 2. The van der Waals surface area contributed by atoms with Crippen molar-refractivity contribution in [3.8, 4) is 11.5 Å². The molecule has 0 unspecified atom stereocenters. The number of aromatic hydroxyl groups is 2. The van der Waals surface area contributed by atoms with Crippen LogP contribution < -0.4 is 0 Å². The van der Waals surface area contributed by atoms with Crippen LogP contribution in [0, 0.1) is 0 Å². The van der Waals surface area contributed by atoms with Gasteiger partial charge < -0.3 is 10.2 Å². The maximum atomic E-state index is 12.1. The molecule has 7 heteroatoms. The molecule has 6 rings (SSSR count). The van der Waals surface area contributed by atoms with E-state index in [0.29, 0.717) is 22.4 Å². The molecule has 2 aromatic heterocycles. The first-order valence-electron chi connectivity index (χ1n) is 13.2. The van der Waals surface area contributed by atoms with Gasteiger partial charge in [0.15, 0.2) is 0 Å². The van der Waals surface area contributed by atoms with Gasteiger partial charge in [0, 0.05) is 30.3 Å². The van der Waals surface area contributed by atoms with Crippen molar-refractivity contribution in [2.45, 2.75) is 0 Å². The Bertz CT molecular complexity index is 1800. The van der Waals surface area contributed by atoms with Gasteiger partial charge in [0.2, 0.25) is 11.6 Å². The number of aromatic nitrogens is 2. The second-order valence-corrected chi connectivity index (χ2v) is 9.31. The summed E-state index contributed by atoms with van der Waals surface area (Å²) in [6.45, 7) is 0. The van der Waals surface area contributed by atoms with Gasteiger partial charge in [-0.15, -0.1) is 0 Å². The van der Waals surface area contributed by atoms with E-state index in [0.717, 1.165) is 21.9 Å². The number of hydrogen-bond acceptors (Lipinski definition) is 6. The van der Waals surface area contributed by atoms with E-state index in [4.69, 9.17) is 0 Å². The summed E-state index contributed by atoms with van der Waals surface area (Å²) in [4.78, 5) is 32.8. The van der Waals surface area contributed by atoms with Crippen molar-refractivity contribution < 1.29 is 39.3 Å². The molecule has 0 bridgehead atoms. The Labute approximate surface area is 261 Å². The van der Waals surface area contributed by atoms with Crippen LogP contribution in [0.4, 0.5) is 0 Å². The first kappa shape index (κ1) is 30.7. The van der Waals surface area contributed by atoms with Crippen molar-refractivity contribution in [3.63, 3.8) is 0 Å². The molecule has 6 nitrogen and oxygen atoms in total. The number of carbonyl (C=O) groups is 2. The van der Waals surface area contributed by atoms with Crippen LogP contribution in [0.3, 0.4) is 0 Å². The largest absolute Gasteiger partial charge is 0.506 e. The van der Waals surface area contributed by atoms with Crippen LogP contribution >= 0.6 is 0 Å². The number of ketones is 2. The molecule has 0 fully saturated rings. The number of benzene rings is 4. The molecule has 2 N–H and O–H groups in total. The SMILES string of the molecule is O=C(C=Cc1ccccc1)c1ccc2cccc(O)c2n1.O=C(C=Cc1ccccc1)c1ccc2cccc(O)c2n1.[Zn]. The smallest absolute Gasteiger partial charge is 0.204 e. The summed E-state index contributed by atoms with van der Waals surface area (Å²) in [7, 11) is 0. The molecular weight excluding hydrogens is 590 g/mol. The van der Waals surface area contributed by atoms with Crippen molar-refractivity contribution in [2.75, 3.05) is 0 Å². The molecule has 0 aliphatic heterocycles. The molecule has 206 valence electrons. The third kappa shape index (κ3) is 7.94. The maximum Gasteiger partial charge on any atom is 0.204 e. The summed E-state index contributed by atoms with van der Waals surface area (Å²) >= 11 is 0. The van der Waals surface area contributed by atoms with Gasteiger partial charge in [-0.3, -0.25) is 9.59 Å². The van der Waals surface area contributed by atoms with Crippen molar-refractivity contribution in [3.05, 3.63) is 156 Å². The Balaban J connectivity index is 0.000000192. The molecule has 0 aliphatic carbocycles. The zero-order valence-electron chi connectivity index (χ0n) is 23.2. The first-order valence-corrected chi connectivity index (χ1v) is 13.2. The van der Waals surface area contributed by atoms with Crippen LogP contribution in [0.1, 0.15) is 32.1 Å². The summed E-state index contributed by atoms with van der Waals surface area (Å²) in [5, 5.41) is 21.2. The zero-order chi connectivity index (χ0) is 29.3. The van der Waals surface area contributed by atoms with E-state index in [1.165, 1.54) is 12.2 Å². The number of pyridine rings is 2. The van der Waals surface area contributed by atoms with E-state index < -0.39 is 0 Å². The van der Waals surface area contributed by atoms with E-state index >= 15 is 0 Å². The Hall–Kier alpha value is -5.26. The van der Waals surface area contributed by atoms with E-state index in [9.17, 15) is 19.8 Å². The monoisotopic (exact) mass is 614 g/mol.